The van der Waals surface area contributed by atoms with E-state index in [1.165, 1.54) is 26.7 Å². The molecule has 7 heterocycles. The van der Waals surface area contributed by atoms with Crippen LogP contribution < -0.4 is 0 Å². The van der Waals surface area contributed by atoms with Crippen molar-refractivity contribution in [1.29, 1.82) is 0 Å². The molecule has 10 fully saturated rings. The van der Waals surface area contributed by atoms with E-state index in [1.54, 1.807) is 0 Å². The van der Waals surface area contributed by atoms with Crippen LogP contribution in [-0.2, 0) is 85.4 Å². The molecule has 7 aliphatic heterocycles. The predicted octanol–water partition coefficient (Wildman–Crippen LogP) is -3.93. The standard InChI is InChI=1S/C68H108O33/c1-27(2)19-29(90-28(3)73)20-67(8)39-14-17-66(7)31-11-12-38-64(4,5)40(15-16-65(38,6)30(31)13-18-68(39,66)63(85)101-67)96-62-56(44(78)37(26-89-62)95-59-50(84)55(43(77)35(23-71)91-59)99-61-49(83)54(87-10)42(76)34(22-70)93-61)100-58-46(80)45(79)52(36(24-72)94-58)98-57-47(81)51(32(74)25-88-57)97-60-48(82)53(86-9)41(75)33(21-69)92-60/h11,29-30,32-62,69-72,74-84H,1,12-26H2,2-10H3/t29-,30+,32+,33+,34+,35+,36+,37+,38-,39+,40-,41+,42+,43+,44-,45+,46+,47+,48+,49+,50+,51-,52+,53-,54-,55-,56+,57-,58-,59-,60-,61-,62-,65+,66-,67-,68-/m0/s1. The van der Waals surface area contributed by atoms with Gasteiger partial charge in [0, 0.05) is 45.3 Å². The van der Waals surface area contributed by atoms with Crippen molar-refractivity contribution in [3.63, 3.8) is 0 Å². The van der Waals surface area contributed by atoms with Crippen LogP contribution >= 0.6 is 0 Å². The number of methoxy groups -OCH3 is 2. The molecule has 0 amide bonds. The van der Waals surface area contributed by atoms with E-state index in [0.29, 0.717) is 44.9 Å². The first-order chi connectivity index (χ1) is 47.7. The number of fused-ring (bicyclic) bond motifs is 4. The molecule has 11 aliphatic rings. The van der Waals surface area contributed by atoms with Gasteiger partial charge in [0.2, 0.25) is 0 Å². The molecule has 0 aromatic heterocycles. The van der Waals surface area contributed by atoms with Crippen molar-refractivity contribution < 1.29 is 162 Å². The summed E-state index contributed by atoms with van der Waals surface area (Å²) in [4.78, 5) is 27.1. The van der Waals surface area contributed by atoms with Gasteiger partial charge in [-0.15, -0.1) is 6.58 Å². The summed E-state index contributed by atoms with van der Waals surface area (Å²) >= 11 is 0. The fourth-order valence-electron chi connectivity index (χ4n) is 19.4. The summed E-state index contributed by atoms with van der Waals surface area (Å²) in [5.41, 5.74) is -1.19. The average molecular weight is 1450 g/mol. The van der Waals surface area contributed by atoms with E-state index in [1.807, 2.05) is 13.8 Å². The fraction of sp³-hybridized carbons (Fsp3) is 0.912. The highest BCUT2D eigenvalue weighted by molar-refractivity contribution is 5.83. The molecule has 101 heavy (non-hydrogen) atoms. The number of rotatable bonds is 23. The minimum atomic E-state index is -2.13. The molecule has 11 rings (SSSR count). The smallest absolute Gasteiger partial charge is 0.313 e. The Kier molecular flexibility index (Phi) is 24.4. The van der Waals surface area contributed by atoms with Gasteiger partial charge in [0.15, 0.2) is 37.7 Å². The lowest BCUT2D eigenvalue weighted by molar-refractivity contribution is -0.396. The molecule has 33 nitrogen and oxygen atoms in total. The summed E-state index contributed by atoms with van der Waals surface area (Å²) in [5.74, 6) is -0.783. The molecule has 15 N–H and O–H groups in total. The fourth-order valence-corrected chi connectivity index (χ4v) is 19.4. The van der Waals surface area contributed by atoms with Crippen molar-refractivity contribution >= 4 is 11.9 Å². The molecule has 33 heteroatoms. The number of allylic oxidation sites excluding steroid dienone is 2. The monoisotopic (exact) mass is 1450 g/mol. The molecule has 0 aromatic rings. The molecule has 37 atom stereocenters. The van der Waals surface area contributed by atoms with Crippen molar-refractivity contribution in [2.75, 3.05) is 53.9 Å². The molecule has 0 bridgehead atoms. The average Bonchev–Trinajstić information content (AvgIpc) is 1.53. The van der Waals surface area contributed by atoms with Gasteiger partial charge in [-0.2, -0.15) is 0 Å². The Labute approximate surface area is 585 Å². The zero-order valence-corrected chi connectivity index (χ0v) is 58.5. The van der Waals surface area contributed by atoms with Gasteiger partial charge < -0.3 is 152 Å². The summed E-state index contributed by atoms with van der Waals surface area (Å²) in [5, 5.41) is 167. The zero-order chi connectivity index (χ0) is 73.5. The van der Waals surface area contributed by atoms with Gasteiger partial charge in [-0.1, -0.05) is 44.9 Å². The van der Waals surface area contributed by atoms with Gasteiger partial charge in [0.1, 0.15) is 146 Å². The van der Waals surface area contributed by atoms with E-state index in [-0.39, 0.29) is 29.1 Å². The molecule has 4 aliphatic carbocycles. The minimum absolute atomic E-state index is 0.0516. The van der Waals surface area contributed by atoms with Crippen LogP contribution in [0.15, 0.2) is 23.8 Å². The van der Waals surface area contributed by atoms with Crippen LogP contribution in [0, 0.1) is 39.4 Å². The number of aliphatic hydroxyl groups excluding tert-OH is 15. The molecule has 7 saturated heterocycles. The molecular formula is C68H108O33. The maximum atomic E-state index is 14.8. The molecule has 0 aromatic carbocycles. The van der Waals surface area contributed by atoms with Crippen LogP contribution in [-0.4, -0.2) is 332 Å². The van der Waals surface area contributed by atoms with E-state index in [2.05, 4.69) is 40.3 Å². The summed E-state index contributed by atoms with van der Waals surface area (Å²) in [6, 6.07) is 0. The SMILES string of the molecule is C=C(C)C[C@@H](C[C@]1(C)OC(=O)[C@@]23CC[C@@H]4C(=CC[C@H]5C(C)(C)[C@@H](O[C@@H]6OC[C@@H](O[C@@H]7O[C@H](CO)[C@@H](O)[C@H](O[C@@H]8O[C@H](CO)[C@@H](O)[C@H](OC)[C@H]8O)[C@H]7O)[C@H](O)[C@H]6O[C@@H]6O[C@H](CO)[C@@H](O[C@@H]7OC[C@@H](O)[C@H](O[C@@H]8O[C@H](CO)[C@@H](O)[C@H](OC)[C@H]8O)[C@H]7O)[C@H](O)[C@H]6O)CC[C@]45C)[C@]2(C)CC[C@H]13)OC(C)=O. The minimum Gasteiger partial charge on any atom is -0.462 e. The highest BCUT2D eigenvalue weighted by atomic mass is 16.8. The summed E-state index contributed by atoms with van der Waals surface area (Å²) in [6.45, 7) is 13.5. The van der Waals surface area contributed by atoms with Crippen LogP contribution in [0.25, 0.3) is 0 Å². The third kappa shape index (κ3) is 14.2. The molecule has 0 unspecified atom stereocenters. The Balaban J connectivity index is 0.836. The molecule has 1 spiro atoms. The molecule has 3 saturated carbocycles. The van der Waals surface area contributed by atoms with Gasteiger partial charge in [0.25, 0.3) is 0 Å². The Morgan fingerprint density at radius 2 is 1.06 bits per heavy atom. The lowest BCUT2D eigenvalue weighted by atomic mass is 9.41. The van der Waals surface area contributed by atoms with E-state index >= 15 is 0 Å². The van der Waals surface area contributed by atoms with Crippen LogP contribution in [0.4, 0.5) is 0 Å². The van der Waals surface area contributed by atoms with Crippen molar-refractivity contribution in [2.24, 2.45) is 39.4 Å². The number of carbonyl (C=O) groups excluding carboxylic acids is 2. The van der Waals surface area contributed by atoms with E-state index in [9.17, 15) is 86.2 Å². The maximum Gasteiger partial charge on any atom is 0.313 e. The third-order valence-corrected chi connectivity index (χ3v) is 24.6. The van der Waals surface area contributed by atoms with Crippen LogP contribution in [0.5, 0.6) is 0 Å². The number of esters is 2. The van der Waals surface area contributed by atoms with Gasteiger partial charge >= 0.3 is 11.9 Å². The summed E-state index contributed by atoms with van der Waals surface area (Å²) < 4.78 is 95.6. The highest BCUT2D eigenvalue weighted by Gasteiger charge is 2.77. The predicted molar refractivity (Wildman–Crippen MR) is 337 cm³/mol. The number of carbonyl (C=O) groups is 2. The lowest BCUT2D eigenvalue weighted by Gasteiger charge is -2.64. The number of ether oxygens (including phenoxy) is 16. The van der Waals surface area contributed by atoms with Crippen LogP contribution in [0.2, 0.25) is 0 Å². The van der Waals surface area contributed by atoms with E-state index < -0.39 is 252 Å². The zero-order valence-electron chi connectivity index (χ0n) is 58.5. The van der Waals surface area contributed by atoms with Crippen molar-refractivity contribution in [3.05, 3.63) is 23.8 Å². The Morgan fingerprint density at radius 3 is 1.63 bits per heavy atom. The van der Waals surface area contributed by atoms with Crippen molar-refractivity contribution in [3.8, 4) is 0 Å². The normalized spacial score (nSPS) is 50.8. The number of aliphatic hydroxyl groups is 15. The topological polar surface area (TPSA) is 485 Å². The van der Waals surface area contributed by atoms with Crippen LogP contribution in [0.1, 0.15) is 106 Å². The van der Waals surface area contributed by atoms with Gasteiger partial charge in [-0.05, 0) is 81.5 Å². The van der Waals surface area contributed by atoms with Gasteiger partial charge in [-0.25, -0.2) is 0 Å². The van der Waals surface area contributed by atoms with Crippen molar-refractivity contribution in [1.82, 2.24) is 0 Å². The Hall–Kier alpha value is -2.74. The molecule has 0 radical (unpaired) electrons. The first kappa shape index (κ1) is 79.3. The van der Waals surface area contributed by atoms with Crippen LogP contribution in [0.3, 0.4) is 0 Å². The van der Waals surface area contributed by atoms with E-state index in [0.717, 1.165) is 18.4 Å². The second-order valence-electron chi connectivity index (χ2n) is 31.0. The third-order valence-electron chi connectivity index (χ3n) is 24.6. The lowest BCUT2D eigenvalue weighted by Crippen LogP contribution is -2.67. The molecular weight excluding hydrogens is 1340 g/mol. The number of hydrogen-bond donors (Lipinski definition) is 15. The quantitative estimate of drug-likeness (QED) is 0.0343. The van der Waals surface area contributed by atoms with Gasteiger partial charge in [-0.3, -0.25) is 9.59 Å². The Morgan fingerprint density at radius 1 is 0.545 bits per heavy atom. The first-order valence-corrected chi connectivity index (χ1v) is 35.2. The summed E-state index contributed by atoms with van der Waals surface area (Å²) in [7, 11) is 2.37. The number of cyclic esters (lactones) is 1. The first-order valence-electron chi connectivity index (χ1n) is 35.2. The second-order valence-corrected chi connectivity index (χ2v) is 31.0. The number of hydrogen-bond acceptors (Lipinski definition) is 33. The summed E-state index contributed by atoms with van der Waals surface area (Å²) in [6.07, 6.45) is -41.7. The van der Waals surface area contributed by atoms with Crippen molar-refractivity contribution in [2.45, 2.75) is 296 Å². The second kappa shape index (κ2) is 31.1. The van der Waals surface area contributed by atoms with E-state index in [4.69, 9.17) is 75.8 Å². The highest BCUT2D eigenvalue weighted by Crippen LogP contribution is 2.76. The van der Waals surface area contributed by atoms with Gasteiger partial charge in [0.05, 0.1) is 51.2 Å². The largest absolute Gasteiger partial charge is 0.462 e. The maximum absolute atomic E-state index is 14.8. The molecule has 578 valence electrons. The Bertz CT molecular complexity index is 2860.